The standard InChI is InChI=1S/C26H25BrF2N4O/c1-16-11-24(34-15-17-5-6-18(28)12-21(17)29)20(27)14-33(16)19-7-9-30-23(13-19)22-8-10-31-25(32-22)26(2,3)4/h5-13H,14-15H2,1-4H3. The Balaban J connectivity index is 1.53. The number of halogens is 3. The largest absolute Gasteiger partial charge is 0.488 e. The molecule has 0 fully saturated rings. The lowest BCUT2D eigenvalue weighted by Gasteiger charge is -2.30. The van der Waals surface area contributed by atoms with Crippen LogP contribution in [0.1, 0.15) is 39.1 Å². The van der Waals surface area contributed by atoms with Crippen LogP contribution in [0, 0.1) is 11.6 Å². The van der Waals surface area contributed by atoms with Crippen molar-refractivity contribution in [2.75, 3.05) is 11.4 Å². The molecule has 0 aliphatic carbocycles. The van der Waals surface area contributed by atoms with Gasteiger partial charge in [-0.25, -0.2) is 18.7 Å². The average Bonchev–Trinajstić information content (AvgIpc) is 2.80. The number of hydrogen-bond acceptors (Lipinski definition) is 5. The summed E-state index contributed by atoms with van der Waals surface area (Å²) >= 11 is 3.60. The van der Waals surface area contributed by atoms with Gasteiger partial charge in [-0.05, 0) is 53.2 Å². The molecule has 0 amide bonds. The van der Waals surface area contributed by atoms with Crippen LogP contribution in [0.4, 0.5) is 14.5 Å². The second-order valence-corrected chi connectivity index (χ2v) is 10.0. The zero-order valence-electron chi connectivity index (χ0n) is 19.4. The molecule has 0 bridgehead atoms. The lowest BCUT2D eigenvalue weighted by molar-refractivity contribution is 0.204. The van der Waals surface area contributed by atoms with Gasteiger partial charge in [0.1, 0.15) is 29.8 Å². The first-order chi connectivity index (χ1) is 16.1. The molecular formula is C26H25BrF2N4O. The van der Waals surface area contributed by atoms with Crippen molar-refractivity contribution in [3.63, 3.8) is 0 Å². The summed E-state index contributed by atoms with van der Waals surface area (Å²) in [6.45, 7) is 8.74. The molecule has 8 heteroatoms. The third kappa shape index (κ3) is 5.33. The van der Waals surface area contributed by atoms with Crippen LogP contribution < -0.4 is 4.90 Å². The second-order valence-electron chi connectivity index (χ2n) is 9.08. The maximum absolute atomic E-state index is 13.9. The van der Waals surface area contributed by atoms with Crippen LogP contribution in [0.15, 0.2) is 70.8 Å². The van der Waals surface area contributed by atoms with Crippen LogP contribution in [0.2, 0.25) is 0 Å². The van der Waals surface area contributed by atoms with E-state index in [2.05, 4.69) is 51.6 Å². The molecule has 0 spiro atoms. The van der Waals surface area contributed by atoms with Gasteiger partial charge in [0.05, 0.1) is 22.4 Å². The van der Waals surface area contributed by atoms with E-state index in [1.54, 1.807) is 12.4 Å². The zero-order chi connectivity index (χ0) is 24.5. The molecule has 1 aromatic carbocycles. The molecule has 0 unspecified atom stereocenters. The van der Waals surface area contributed by atoms with Crippen LogP contribution >= 0.6 is 15.9 Å². The first kappa shape index (κ1) is 24.0. The molecular weight excluding hydrogens is 502 g/mol. The maximum atomic E-state index is 13.9. The number of pyridine rings is 1. The number of anilines is 1. The summed E-state index contributed by atoms with van der Waals surface area (Å²) in [5.74, 6) is 0.131. The Hall–Kier alpha value is -3.13. The first-order valence-electron chi connectivity index (χ1n) is 10.8. The average molecular weight is 527 g/mol. The zero-order valence-corrected chi connectivity index (χ0v) is 21.0. The van der Waals surface area contributed by atoms with Crippen molar-refractivity contribution < 1.29 is 13.5 Å². The normalized spacial score (nSPS) is 14.3. The smallest absolute Gasteiger partial charge is 0.134 e. The Morgan fingerprint density at radius 2 is 1.79 bits per heavy atom. The van der Waals surface area contributed by atoms with Crippen LogP contribution in [0.3, 0.4) is 0 Å². The predicted molar refractivity (Wildman–Crippen MR) is 132 cm³/mol. The summed E-state index contributed by atoms with van der Waals surface area (Å²) in [7, 11) is 0. The maximum Gasteiger partial charge on any atom is 0.134 e. The van der Waals surface area contributed by atoms with Gasteiger partial charge < -0.3 is 9.64 Å². The fraction of sp³-hybridized carbons (Fsp3) is 0.269. The topological polar surface area (TPSA) is 51.1 Å². The van der Waals surface area contributed by atoms with Gasteiger partial charge in [0, 0.05) is 46.9 Å². The molecule has 3 heterocycles. The molecule has 2 aromatic heterocycles. The van der Waals surface area contributed by atoms with Gasteiger partial charge in [0.15, 0.2) is 0 Å². The van der Waals surface area contributed by atoms with Gasteiger partial charge in [-0.15, -0.1) is 0 Å². The Labute approximate surface area is 206 Å². The third-order valence-electron chi connectivity index (χ3n) is 5.37. The highest BCUT2D eigenvalue weighted by Gasteiger charge is 2.21. The van der Waals surface area contributed by atoms with Gasteiger partial charge in [-0.3, -0.25) is 4.98 Å². The molecule has 0 atom stereocenters. The molecule has 3 aromatic rings. The van der Waals surface area contributed by atoms with Crippen LogP contribution in [0.25, 0.3) is 11.4 Å². The molecule has 0 saturated carbocycles. The molecule has 5 nitrogen and oxygen atoms in total. The van der Waals surface area contributed by atoms with E-state index in [1.807, 2.05) is 31.2 Å². The SMILES string of the molecule is CC1=CC(OCc2ccc(F)cc2F)=C(Br)CN1c1ccnc(-c2ccnc(C(C)(C)C)n2)c1. The summed E-state index contributed by atoms with van der Waals surface area (Å²) in [5.41, 5.74) is 3.56. The molecule has 4 rings (SSSR count). The van der Waals surface area contributed by atoms with Crippen molar-refractivity contribution in [1.82, 2.24) is 15.0 Å². The summed E-state index contributed by atoms with van der Waals surface area (Å²) in [6.07, 6.45) is 5.41. The van der Waals surface area contributed by atoms with Gasteiger partial charge in [-0.1, -0.05) is 20.8 Å². The van der Waals surface area contributed by atoms with E-state index in [0.29, 0.717) is 17.9 Å². The van der Waals surface area contributed by atoms with E-state index in [-0.39, 0.29) is 12.0 Å². The van der Waals surface area contributed by atoms with Gasteiger partial charge in [-0.2, -0.15) is 0 Å². The summed E-state index contributed by atoms with van der Waals surface area (Å²) in [4.78, 5) is 15.7. The molecule has 0 radical (unpaired) electrons. The highest BCUT2D eigenvalue weighted by molar-refractivity contribution is 9.11. The molecule has 176 valence electrons. The minimum Gasteiger partial charge on any atom is -0.488 e. The lowest BCUT2D eigenvalue weighted by atomic mass is 9.95. The van der Waals surface area contributed by atoms with E-state index in [9.17, 15) is 8.78 Å². The Morgan fingerprint density at radius 1 is 1.03 bits per heavy atom. The van der Waals surface area contributed by atoms with Gasteiger partial charge in [0.25, 0.3) is 0 Å². The van der Waals surface area contributed by atoms with E-state index in [0.717, 1.165) is 39.1 Å². The minimum atomic E-state index is -0.626. The third-order valence-corrected chi connectivity index (χ3v) is 6.01. The van der Waals surface area contributed by atoms with Crippen molar-refractivity contribution in [3.05, 3.63) is 93.8 Å². The minimum absolute atomic E-state index is 0.00353. The number of rotatable bonds is 5. The summed E-state index contributed by atoms with van der Waals surface area (Å²) < 4.78 is 33.7. The monoisotopic (exact) mass is 526 g/mol. The highest BCUT2D eigenvalue weighted by atomic mass is 79.9. The number of nitrogens with zero attached hydrogens (tertiary/aromatic N) is 4. The van der Waals surface area contributed by atoms with Crippen molar-refractivity contribution in [3.8, 4) is 11.4 Å². The lowest BCUT2D eigenvalue weighted by Crippen LogP contribution is -2.26. The molecule has 34 heavy (non-hydrogen) atoms. The molecule has 0 saturated heterocycles. The van der Waals surface area contributed by atoms with E-state index >= 15 is 0 Å². The van der Waals surface area contributed by atoms with Crippen LogP contribution in [-0.4, -0.2) is 21.5 Å². The fourth-order valence-electron chi connectivity index (χ4n) is 3.49. The summed E-state index contributed by atoms with van der Waals surface area (Å²) in [5, 5.41) is 0. The number of aromatic nitrogens is 3. The number of allylic oxidation sites excluding steroid dienone is 2. The van der Waals surface area contributed by atoms with E-state index in [4.69, 9.17) is 9.72 Å². The van der Waals surface area contributed by atoms with Crippen molar-refractivity contribution in [1.29, 1.82) is 0 Å². The van der Waals surface area contributed by atoms with Crippen LogP contribution in [0.5, 0.6) is 0 Å². The van der Waals surface area contributed by atoms with Gasteiger partial charge >= 0.3 is 0 Å². The van der Waals surface area contributed by atoms with Crippen molar-refractivity contribution >= 4 is 21.6 Å². The first-order valence-corrected chi connectivity index (χ1v) is 11.6. The highest BCUT2D eigenvalue weighted by Crippen LogP contribution is 2.32. The summed E-state index contributed by atoms with van der Waals surface area (Å²) in [6, 6.07) is 9.25. The molecule has 0 N–H and O–H groups in total. The van der Waals surface area contributed by atoms with E-state index < -0.39 is 11.6 Å². The molecule has 1 aliphatic heterocycles. The quantitative estimate of drug-likeness (QED) is 0.372. The number of ether oxygens (including phenoxy) is 1. The Kier molecular flexibility index (Phi) is 6.79. The molecule has 1 aliphatic rings. The van der Waals surface area contributed by atoms with Crippen LogP contribution in [-0.2, 0) is 16.8 Å². The Morgan fingerprint density at radius 3 is 2.53 bits per heavy atom. The van der Waals surface area contributed by atoms with E-state index in [1.165, 1.54) is 12.1 Å². The van der Waals surface area contributed by atoms with Crippen molar-refractivity contribution in [2.45, 2.75) is 39.7 Å². The predicted octanol–water partition coefficient (Wildman–Crippen LogP) is 6.66. The number of benzene rings is 1. The number of hydrogen-bond donors (Lipinski definition) is 0. The fourth-order valence-corrected chi connectivity index (χ4v) is 3.97. The Bertz CT molecular complexity index is 1280. The van der Waals surface area contributed by atoms with Gasteiger partial charge in [0.2, 0.25) is 0 Å². The second kappa shape index (κ2) is 9.62. The van der Waals surface area contributed by atoms with Crippen molar-refractivity contribution in [2.24, 2.45) is 0 Å².